The Labute approximate surface area is 114 Å². The molecular formula is C15H20N2O2. The monoisotopic (exact) mass is 260 g/mol. The third-order valence-electron chi connectivity index (χ3n) is 3.32. The van der Waals surface area contributed by atoms with Crippen LogP contribution in [0.4, 0.5) is 0 Å². The Morgan fingerprint density at radius 1 is 1.42 bits per heavy atom. The van der Waals surface area contributed by atoms with Crippen LogP contribution < -0.4 is 10.1 Å². The summed E-state index contributed by atoms with van der Waals surface area (Å²) in [6.07, 6.45) is 3.49. The summed E-state index contributed by atoms with van der Waals surface area (Å²) in [4.78, 5) is 14.0. The molecule has 4 heteroatoms. The largest absolute Gasteiger partial charge is 0.497 e. The number of ether oxygens (including phenoxy) is 1. The lowest BCUT2D eigenvalue weighted by Gasteiger charge is -2.33. The van der Waals surface area contributed by atoms with Crippen molar-refractivity contribution in [3.8, 4) is 5.75 Å². The standard InChI is InChI=1S/C15H20N2O2/c1-12-11-16-9-10-17(12)15(18)8-5-13-3-6-14(19-2)7-4-13/h3-8,12,16H,9-11H2,1-2H3/b8-5+/t12-/m0/s1. The fraction of sp³-hybridized carbons (Fsp3) is 0.400. The van der Waals surface area contributed by atoms with Gasteiger partial charge in [0.2, 0.25) is 5.91 Å². The lowest BCUT2D eigenvalue weighted by Crippen LogP contribution is -2.51. The number of amides is 1. The third-order valence-corrected chi connectivity index (χ3v) is 3.32. The average molecular weight is 260 g/mol. The van der Waals surface area contributed by atoms with Gasteiger partial charge >= 0.3 is 0 Å². The summed E-state index contributed by atoms with van der Waals surface area (Å²) in [6, 6.07) is 7.89. The minimum atomic E-state index is 0.0739. The van der Waals surface area contributed by atoms with E-state index in [1.54, 1.807) is 13.2 Å². The number of hydrogen-bond acceptors (Lipinski definition) is 3. The molecule has 0 spiro atoms. The van der Waals surface area contributed by atoms with E-state index in [-0.39, 0.29) is 11.9 Å². The summed E-state index contributed by atoms with van der Waals surface area (Å²) < 4.78 is 5.10. The fourth-order valence-corrected chi connectivity index (χ4v) is 2.15. The Morgan fingerprint density at radius 2 is 2.16 bits per heavy atom. The van der Waals surface area contributed by atoms with Crippen molar-refractivity contribution in [1.82, 2.24) is 10.2 Å². The number of carbonyl (C=O) groups is 1. The Hall–Kier alpha value is -1.81. The van der Waals surface area contributed by atoms with Gasteiger partial charge in [-0.3, -0.25) is 4.79 Å². The molecule has 2 rings (SSSR count). The number of benzene rings is 1. The summed E-state index contributed by atoms with van der Waals surface area (Å²) in [6.45, 7) is 4.56. The zero-order valence-electron chi connectivity index (χ0n) is 11.4. The molecule has 19 heavy (non-hydrogen) atoms. The molecule has 1 fully saturated rings. The van der Waals surface area contributed by atoms with Crippen molar-refractivity contribution in [3.63, 3.8) is 0 Å². The van der Waals surface area contributed by atoms with Gasteiger partial charge in [0.05, 0.1) is 7.11 Å². The lowest BCUT2D eigenvalue weighted by molar-refractivity contribution is -0.128. The van der Waals surface area contributed by atoms with Crippen molar-refractivity contribution in [2.45, 2.75) is 13.0 Å². The third kappa shape index (κ3) is 3.58. The van der Waals surface area contributed by atoms with Gasteiger partial charge in [-0.1, -0.05) is 12.1 Å². The van der Waals surface area contributed by atoms with Crippen LogP contribution in [-0.2, 0) is 4.79 Å². The Morgan fingerprint density at radius 3 is 2.79 bits per heavy atom. The van der Waals surface area contributed by atoms with Crippen molar-refractivity contribution in [3.05, 3.63) is 35.9 Å². The number of nitrogens with one attached hydrogen (secondary N) is 1. The molecular weight excluding hydrogens is 240 g/mol. The highest BCUT2D eigenvalue weighted by molar-refractivity contribution is 5.92. The van der Waals surface area contributed by atoms with E-state index in [4.69, 9.17) is 4.74 Å². The molecule has 4 nitrogen and oxygen atoms in total. The molecule has 0 bridgehead atoms. The molecule has 0 unspecified atom stereocenters. The molecule has 1 atom stereocenters. The summed E-state index contributed by atoms with van der Waals surface area (Å²) in [7, 11) is 1.64. The van der Waals surface area contributed by atoms with E-state index in [2.05, 4.69) is 12.2 Å². The van der Waals surface area contributed by atoms with E-state index < -0.39 is 0 Å². The number of piperazine rings is 1. The van der Waals surface area contributed by atoms with Crippen LogP contribution in [0.1, 0.15) is 12.5 Å². The van der Waals surface area contributed by atoms with Crippen LogP contribution in [0.25, 0.3) is 6.08 Å². The van der Waals surface area contributed by atoms with Crippen LogP contribution in [0, 0.1) is 0 Å². The first kappa shape index (κ1) is 13.6. The van der Waals surface area contributed by atoms with Gasteiger partial charge in [0.25, 0.3) is 0 Å². The van der Waals surface area contributed by atoms with Crippen molar-refractivity contribution < 1.29 is 9.53 Å². The van der Waals surface area contributed by atoms with Gasteiger partial charge < -0.3 is 15.0 Å². The maximum Gasteiger partial charge on any atom is 0.246 e. The normalized spacial score (nSPS) is 19.7. The highest BCUT2D eigenvalue weighted by atomic mass is 16.5. The molecule has 1 aliphatic rings. The number of hydrogen-bond donors (Lipinski definition) is 1. The summed E-state index contributed by atoms with van der Waals surface area (Å²) in [5.74, 6) is 0.893. The maximum absolute atomic E-state index is 12.1. The lowest BCUT2D eigenvalue weighted by atomic mass is 10.2. The van der Waals surface area contributed by atoms with E-state index in [1.807, 2.05) is 35.2 Å². The first-order chi connectivity index (χ1) is 9.20. The van der Waals surface area contributed by atoms with Crippen LogP contribution in [0.5, 0.6) is 5.75 Å². The van der Waals surface area contributed by atoms with E-state index in [0.717, 1.165) is 30.9 Å². The number of methoxy groups -OCH3 is 1. The molecule has 102 valence electrons. The minimum absolute atomic E-state index is 0.0739. The van der Waals surface area contributed by atoms with Crippen LogP contribution in [0.15, 0.2) is 30.3 Å². The Balaban J connectivity index is 1.98. The van der Waals surface area contributed by atoms with Gasteiger partial charge in [0.1, 0.15) is 5.75 Å². The predicted octanol–water partition coefficient (Wildman–Crippen LogP) is 1.53. The van der Waals surface area contributed by atoms with Gasteiger partial charge in [-0.15, -0.1) is 0 Å². The van der Waals surface area contributed by atoms with E-state index in [9.17, 15) is 4.79 Å². The number of nitrogens with zero attached hydrogens (tertiary/aromatic N) is 1. The van der Waals surface area contributed by atoms with Crippen LogP contribution in [0.3, 0.4) is 0 Å². The SMILES string of the molecule is COc1ccc(/C=C/C(=O)N2CCNC[C@@H]2C)cc1. The second-order valence-electron chi connectivity index (χ2n) is 4.69. The molecule has 0 aliphatic carbocycles. The van der Waals surface area contributed by atoms with Gasteiger partial charge in [-0.25, -0.2) is 0 Å². The molecule has 1 aromatic carbocycles. The Bertz CT molecular complexity index is 454. The quantitative estimate of drug-likeness (QED) is 0.838. The van der Waals surface area contributed by atoms with Crippen LogP contribution >= 0.6 is 0 Å². The summed E-state index contributed by atoms with van der Waals surface area (Å²) in [5.41, 5.74) is 0.997. The van der Waals surface area contributed by atoms with Crippen molar-refractivity contribution in [2.75, 3.05) is 26.7 Å². The number of carbonyl (C=O) groups excluding carboxylic acids is 1. The molecule has 1 amide bonds. The zero-order valence-corrected chi connectivity index (χ0v) is 11.4. The Kier molecular flexibility index (Phi) is 4.58. The highest BCUT2D eigenvalue weighted by Crippen LogP contribution is 2.12. The molecule has 0 aromatic heterocycles. The molecule has 1 aromatic rings. The van der Waals surface area contributed by atoms with Gasteiger partial charge in [-0.2, -0.15) is 0 Å². The van der Waals surface area contributed by atoms with Crippen molar-refractivity contribution >= 4 is 12.0 Å². The smallest absolute Gasteiger partial charge is 0.246 e. The first-order valence-electron chi connectivity index (χ1n) is 6.54. The second kappa shape index (κ2) is 6.38. The first-order valence-corrected chi connectivity index (χ1v) is 6.54. The van der Waals surface area contributed by atoms with Gasteiger partial charge in [0.15, 0.2) is 0 Å². The highest BCUT2D eigenvalue weighted by Gasteiger charge is 2.20. The molecule has 1 heterocycles. The fourth-order valence-electron chi connectivity index (χ4n) is 2.15. The van der Waals surface area contributed by atoms with Gasteiger partial charge in [-0.05, 0) is 30.7 Å². The predicted molar refractivity (Wildman–Crippen MR) is 76.1 cm³/mol. The average Bonchev–Trinajstić information content (AvgIpc) is 2.46. The van der Waals surface area contributed by atoms with E-state index in [0.29, 0.717) is 0 Å². The number of rotatable bonds is 3. The van der Waals surface area contributed by atoms with Gasteiger partial charge in [0, 0.05) is 31.8 Å². The van der Waals surface area contributed by atoms with E-state index in [1.165, 1.54) is 0 Å². The van der Waals surface area contributed by atoms with Crippen molar-refractivity contribution in [1.29, 1.82) is 0 Å². The molecule has 1 aliphatic heterocycles. The van der Waals surface area contributed by atoms with Crippen molar-refractivity contribution in [2.24, 2.45) is 0 Å². The summed E-state index contributed by atoms with van der Waals surface area (Å²) in [5, 5.41) is 3.27. The molecule has 1 N–H and O–H groups in total. The zero-order chi connectivity index (χ0) is 13.7. The van der Waals surface area contributed by atoms with E-state index >= 15 is 0 Å². The maximum atomic E-state index is 12.1. The van der Waals surface area contributed by atoms with Crippen LogP contribution in [0.2, 0.25) is 0 Å². The topological polar surface area (TPSA) is 41.6 Å². The molecule has 0 radical (unpaired) electrons. The molecule has 1 saturated heterocycles. The summed E-state index contributed by atoms with van der Waals surface area (Å²) >= 11 is 0. The second-order valence-corrected chi connectivity index (χ2v) is 4.69. The molecule has 0 saturated carbocycles. The minimum Gasteiger partial charge on any atom is -0.497 e. The van der Waals surface area contributed by atoms with Crippen LogP contribution in [-0.4, -0.2) is 43.6 Å².